The standard InChI is InChI=1S/C28H29NO3S/c30-33(31,27-12-10-26(11-13-27)32-25-4-2-1-3-5-25)29-24-8-6-23(7-9-24)28-17-20-14-21(18-28)16-22(15-20)19-28/h1-13,20-22,29H,14-19H2. The Kier molecular flexibility index (Phi) is 4.98. The molecular weight excluding hydrogens is 430 g/mol. The molecule has 33 heavy (non-hydrogen) atoms. The van der Waals surface area contributed by atoms with Crippen LogP contribution < -0.4 is 9.46 Å². The van der Waals surface area contributed by atoms with Crippen LogP contribution in [0.15, 0.2) is 83.8 Å². The maximum absolute atomic E-state index is 12.9. The van der Waals surface area contributed by atoms with E-state index in [9.17, 15) is 8.42 Å². The van der Waals surface area contributed by atoms with Crippen molar-refractivity contribution in [3.05, 3.63) is 84.4 Å². The lowest BCUT2D eigenvalue weighted by Crippen LogP contribution is -2.48. The van der Waals surface area contributed by atoms with Crippen molar-refractivity contribution in [2.24, 2.45) is 17.8 Å². The van der Waals surface area contributed by atoms with E-state index < -0.39 is 10.0 Å². The van der Waals surface area contributed by atoms with E-state index in [0.717, 1.165) is 17.8 Å². The van der Waals surface area contributed by atoms with Gasteiger partial charge in [-0.25, -0.2) is 8.42 Å². The molecule has 0 spiro atoms. The van der Waals surface area contributed by atoms with Crippen LogP contribution in [0.3, 0.4) is 0 Å². The van der Waals surface area contributed by atoms with Crippen molar-refractivity contribution in [1.29, 1.82) is 0 Å². The van der Waals surface area contributed by atoms with Crippen LogP contribution in [-0.4, -0.2) is 8.42 Å². The molecule has 1 N–H and O–H groups in total. The average Bonchev–Trinajstić information content (AvgIpc) is 2.79. The van der Waals surface area contributed by atoms with Gasteiger partial charge in [-0.05, 0) is 116 Å². The summed E-state index contributed by atoms with van der Waals surface area (Å²) in [4.78, 5) is 0.216. The van der Waals surface area contributed by atoms with Gasteiger partial charge in [0.1, 0.15) is 11.5 Å². The van der Waals surface area contributed by atoms with E-state index >= 15 is 0 Å². The Morgan fingerprint density at radius 1 is 0.697 bits per heavy atom. The number of benzene rings is 3. The predicted molar refractivity (Wildman–Crippen MR) is 130 cm³/mol. The average molecular weight is 460 g/mol. The summed E-state index contributed by atoms with van der Waals surface area (Å²) in [6.07, 6.45) is 8.19. The Hall–Kier alpha value is -2.79. The van der Waals surface area contributed by atoms with Crippen molar-refractivity contribution in [1.82, 2.24) is 0 Å². The molecule has 7 rings (SSSR count). The van der Waals surface area contributed by atoms with Crippen LogP contribution in [-0.2, 0) is 15.4 Å². The molecule has 3 aromatic carbocycles. The van der Waals surface area contributed by atoms with Gasteiger partial charge in [-0.1, -0.05) is 30.3 Å². The van der Waals surface area contributed by atoms with Crippen LogP contribution in [0, 0.1) is 17.8 Å². The first-order valence-corrected chi connectivity index (χ1v) is 13.4. The van der Waals surface area contributed by atoms with Gasteiger partial charge in [-0.3, -0.25) is 4.72 Å². The quantitative estimate of drug-likeness (QED) is 0.444. The van der Waals surface area contributed by atoms with E-state index in [1.54, 1.807) is 24.3 Å². The summed E-state index contributed by atoms with van der Waals surface area (Å²) in [5.41, 5.74) is 2.32. The second kappa shape index (κ2) is 7.91. The van der Waals surface area contributed by atoms with Gasteiger partial charge in [0.2, 0.25) is 0 Å². The highest BCUT2D eigenvalue weighted by Crippen LogP contribution is 2.60. The molecule has 4 nitrogen and oxygen atoms in total. The van der Waals surface area contributed by atoms with E-state index in [2.05, 4.69) is 16.9 Å². The van der Waals surface area contributed by atoms with Crippen LogP contribution >= 0.6 is 0 Å². The molecule has 4 saturated carbocycles. The van der Waals surface area contributed by atoms with Crippen molar-refractivity contribution < 1.29 is 13.2 Å². The molecule has 5 heteroatoms. The van der Waals surface area contributed by atoms with Crippen LogP contribution in [0.1, 0.15) is 44.1 Å². The lowest BCUT2D eigenvalue weighted by atomic mass is 9.48. The van der Waals surface area contributed by atoms with Gasteiger partial charge in [0, 0.05) is 5.69 Å². The molecule has 0 amide bonds. The van der Waals surface area contributed by atoms with Gasteiger partial charge < -0.3 is 4.74 Å². The number of nitrogens with one attached hydrogen (secondary N) is 1. The van der Waals surface area contributed by atoms with E-state index in [4.69, 9.17) is 4.74 Å². The van der Waals surface area contributed by atoms with Gasteiger partial charge in [0.05, 0.1) is 4.90 Å². The van der Waals surface area contributed by atoms with Gasteiger partial charge in [-0.15, -0.1) is 0 Å². The monoisotopic (exact) mass is 459 g/mol. The molecule has 0 aromatic heterocycles. The summed E-state index contributed by atoms with van der Waals surface area (Å²) in [6.45, 7) is 0. The van der Waals surface area contributed by atoms with Crippen molar-refractivity contribution in [3.8, 4) is 11.5 Å². The molecule has 3 aromatic rings. The Bertz CT molecular complexity index is 1200. The first-order chi connectivity index (χ1) is 16.0. The number of rotatable bonds is 6. The number of hydrogen-bond acceptors (Lipinski definition) is 3. The molecule has 0 radical (unpaired) electrons. The zero-order valence-electron chi connectivity index (χ0n) is 18.6. The first kappa shape index (κ1) is 20.8. The number of sulfonamides is 1. The molecule has 170 valence electrons. The molecule has 0 atom stereocenters. The third-order valence-corrected chi connectivity index (χ3v) is 9.30. The van der Waals surface area contributed by atoms with E-state index in [1.165, 1.54) is 44.1 Å². The Morgan fingerprint density at radius 3 is 1.82 bits per heavy atom. The van der Waals surface area contributed by atoms with E-state index in [-0.39, 0.29) is 4.90 Å². The zero-order valence-corrected chi connectivity index (χ0v) is 19.4. The molecule has 0 heterocycles. The lowest BCUT2D eigenvalue weighted by Gasteiger charge is -2.57. The highest BCUT2D eigenvalue weighted by molar-refractivity contribution is 7.92. The molecule has 4 bridgehead atoms. The summed E-state index contributed by atoms with van der Waals surface area (Å²) >= 11 is 0. The number of para-hydroxylation sites is 1. The number of anilines is 1. The SMILES string of the molecule is O=S(=O)(Nc1ccc(C23CC4CC(CC(C4)C2)C3)cc1)c1ccc(Oc2ccccc2)cc1. The third-order valence-electron chi connectivity index (χ3n) is 7.90. The Labute approximate surface area is 196 Å². The minimum atomic E-state index is -3.67. The fourth-order valence-electron chi connectivity index (χ4n) is 6.88. The van der Waals surface area contributed by atoms with E-state index in [0.29, 0.717) is 22.6 Å². The minimum absolute atomic E-state index is 0.216. The maximum atomic E-state index is 12.9. The maximum Gasteiger partial charge on any atom is 0.261 e. The van der Waals surface area contributed by atoms with Crippen molar-refractivity contribution in [2.75, 3.05) is 4.72 Å². The lowest BCUT2D eigenvalue weighted by molar-refractivity contribution is -0.00518. The van der Waals surface area contributed by atoms with Crippen LogP contribution in [0.5, 0.6) is 11.5 Å². The molecule has 4 fully saturated rings. The van der Waals surface area contributed by atoms with E-state index in [1.807, 2.05) is 42.5 Å². The third kappa shape index (κ3) is 4.04. The molecule has 4 aliphatic carbocycles. The summed E-state index contributed by atoms with van der Waals surface area (Å²) in [7, 11) is -3.67. The molecule has 0 aliphatic heterocycles. The minimum Gasteiger partial charge on any atom is -0.457 e. The molecular formula is C28H29NO3S. The first-order valence-electron chi connectivity index (χ1n) is 11.9. The summed E-state index contributed by atoms with van der Waals surface area (Å²) in [5, 5.41) is 0. The smallest absolute Gasteiger partial charge is 0.261 e. The van der Waals surface area contributed by atoms with Gasteiger partial charge >= 0.3 is 0 Å². The van der Waals surface area contributed by atoms with Gasteiger partial charge in [0.25, 0.3) is 10.0 Å². The topological polar surface area (TPSA) is 55.4 Å². The summed E-state index contributed by atoms with van der Waals surface area (Å²) in [6, 6.07) is 24.1. The van der Waals surface area contributed by atoms with Crippen molar-refractivity contribution in [2.45, 2.75) is 48.8 Å². The van der Waals surface area contributed by atoms with Crippen molar-refractivity contribution in [3.63, 3.8) is 0 Å². The number of ether oxygens (including phenoxy) is 1. The Morgan fingerprint density at radius 2 is 1.24 bits per heavy atom. The Balaban J connectivity index is 1.16. The molecule has 0 unspecified atom stereocenters. The number of hydrogen-bond donors (Lipinski definition) is 1. The second-order valence-corrected chi connectivity index (χ2v) is 11.9. The summed E-state index contributed by atoms with van der Waals surface area (Å²) in [5.74, 6) is 3.99. The van der Waals surface area contributed by atoms with Crippen LogP contribution in [0.25, 0.3) is 0 Å². The second-order valence-electron chi connectivity index (χ2n) is 10.3. The van der Waals surface area contributed by atoms with Crippen LogP contribution in [0.4, 0.5) is 5.69 Å². The molecule has 4 aliphatic rings. The van der Waals surface area contributed by atoms with Gasteiger partial charge in [0.15, 0.2) is 0 Å². The van der Waals surface area contributed by atoms with Crippen LogP contribution in [0.2, 0.25) is 0 Å². The summed E-state index contributed by atoms with van der Waals surface area (Å²) < 4.78 is 34.4. The van der Waals surface area contributed by atoms with Crippen molar-refractivity contribution >= 4 is 15.7 Å². The highest BCUT2D eigenvalue weighted by atomic mass is 32.2. The normalized spacial score (nSPS) is 27.9. The highest BCUT2D eigenvalue weighted by Gasteiger charge is 2.51. The fourth-order valence-corrected chi connectivity index (χ4v) is 7.94. The largest absolute Gasteiger partial charge is 0.457 e. The fraction of sp³-hybridized carbons (Fsp3) is 0.357. The zero-order chi connectivity index (χ0) is 22.5. The predicted octanol–water partition coefficient (Wildman–Crippen LogP) is 6.75. The van der Waals surface area contributed by atoms with Gasteiger partial charge in [-0.2, -0.15) is 0 Å². The molecule has 0 saturated heterocycles.